The Morgan fingerprint density at radius 3 is 2.67 bits per heavy atom. The predicted octanol–water partition coefficient (Wildman–Crippen LogP) is 3.30. The van der Waals surface area contributed by atoms with Gasteiger partial charge in [0.1, 0.15) is 18.1 Å². The fraction of sp³-hybridized carbons (Fsp3) is 0.308. The van der Waals surface area contributed by atoms with E-state index in [0.29, 0.717) is 67.1 Å². The molecule has 0 saturated carbocycles. The van der Waals surface area contributed by atoms with Crippen LogP contribution in [-0.2, 0) is 4.74 Å². The Labute approximate surface area is 228 Å². The quantitative estimate of drug-likeness (QED) is 0.471. The van der Waals surface area contributed by atoms with Crippen LogP contribution in [-0.4, -0.2) is 73.4 Å². The molecule has 3 aliphatic rings. The molecule has 3 aliphatic heterocycles. The summed E-state index contributed by atoms with van der Waals surface area (Å²) in [5, 5.41) is 7.56. The summed E-state index contributed by atoms with van der Waals surface area (Å²) in [6, 6.07) is 7.64. The molecule has 1 fully saturated rings. The van der Waals surface area contributed by atoms with Gasteiger partial charge in [-0.3, -0.25) is 9.69 Å². The number of halogens is 3. The Morgan fingerprint density at radius 2 is 1.95 bits per heavy atom. The molecule has 5 rings (SSSR count). The smallest absolute Gasteiger partial charge is 0.378 e. The molecule has 1 radical (unpaired) electrons. The average Bonchev–Trinajstić information content (AvgIpc) is 3.42. The number of hydrogen-bond donors (Lipinski definition) is 3. The standard InChI is InChI=1S/C26H27F3N8O3/c1-17-19(34-25(39)32-15-26(27,28)29)3-2-4-21(17)37-14-20(23-30-7-8-36(23)16-37)33-22-6-5-18(13-31-22)24(38)35-9-11-40-12-10-35/h2-8,13-14H,9-12,15-16H2,1H3,(H,31,33)(H2,32,34,39)/q+1. The van der Waals surface area contributed by atoms with E-state index in [9.17, 15) is 22.8 Å². The molecule has 4 heterocycles. The highest BCUT2D eigenvalue weighted by Crippen LogP contribution is 2.30. The summed E-state index contributed by atoms with van der Waals surface area (Å²) < 4.78 is 42.7. The number of hydrogen-bond acceptors (Lipinski definition) is 8. The second kappa shape index (κ2) is 11.4. The van der Waals surface area contributed by atoms with Crippen molar-refractivity contribution in [3.8, 4) is 0 Å². The van der Waals surface area contributed by atoms with Crippen molar-refractivity contribution < 1.29 is 27.5 Å². The van der Waals surface area contributed by atoms with Crippen LogP contribution >= 0.6 is 0 Å². The summed E-state index contributed by atoms with van der Waals surface area (Å²) in [6.07, 6.45) is 2.34. The lowest BCUT2D eigenvalue weighted by Gasteiger charge is -2.28. The third-order valence-electron chi connectivity index (χ3n) is 6.43. The van der Waals surface area contributed by atoms with Crippen molar-refractivity contribution in [3.05, 3.63) is 72.0 Å². The molecule has 209 valence electrons. The number of ether oxygens (including phenoxy) is 1. The van der Waals surface area contributed by atoms with Crippen LogP contribution < -0.4 is 25.8 Å². The summed E-state index contributed by atoms with van der Waals surface area (Å²) in [4.78, 5) is 39.2. The number of amides is 3. The molecule has 3 N–H and O–H groups in total. The number of amidine groups is 1. The first-order valence-corrected chi connectivity index (χ1v) is 12.5. The Balaban J connectivity index is 1.33. The summed E-state index contributed by atoms with van der Waals surface area (Å²) in [6.45, 7) is 2.86. The van der Waals surface area contributed by atoms with E-state index in [0.717, 1.165) is 5.69 Å². The zero-order valence-corrected chi connectivity index (χ0v) is 21.5. The lowest BCUT2D eigenvalue weighted by atomic mass is 10.1. The van der Waals surface area contributed by atoms with Crippen molar-refractivity contribution in [3.63, 3.8) is 0 Å². The van der Waals surface area contributed by atoms with Crippen LogP contribution in [0.4, 0.5) is 35.2 Å². The molecule has 1 aromatic heterocycles. The van der Waals surface area contributed by atoms with Crippen LogP contribution in [0, 0.1) is 6.92 Å². The number of morpholine rings is 1. The van der Waals surface area contributed by atoms with Crippen LogP contribution in [0.2, 0.25) is 0 Å². The molecule has 40 heavy (non-hydrogen) atoms. The summed E-state index contributed by atoms with van der Waals surface area (Å²) in [5.74, 6) is 1.08. The second-order valence-electron chi connectivity index (χ2n) is 9.21. The minimum atomic E-state index is -4.51. The van der Waals surface area contributed by atoms with Crippen molar-refractivity contribution in [1.29, 1.82) is 0 Å². The van der Waals surface area contributed by atoms with Crippen LogP contribution in [0.3, 0.4) is 0 Å². The lowest BCUT2D eigenvalue weighted by Crippen LogP contribution is -2.46. The minimum absolute atomic E-state index is 0.1000. The van der Waals surface area contributed by atoms with E-state index >= 15 is 0 Å². The van der Waals surface area contributed by atoms with Crippen molar-refractivity contribution in [2.45, 2.75) is 13.1 Å². The summed E-state index contributed by atoms with van der Waals surface area (Å²) in [5.41, 5.74) is 2.88. The molecule has 1 aromatic carbocycles. The van der Waals surface area contributed by atoms with Crippen LogP contribution in [0.25, 0.3) is 0 Å². The van der Waals surface area contributed by atoms with Gasteiger partial charge < -0.3 is 25.6 Å². The van der Waals surface area contributed by atoms with Crippen molar-refractivity contribution >= 4 is 35.0 Å². The Hall–Kier alpha value is -4.43. The van der Waals surface area contributed by atoms with E-state index in [1.165, 1.54) is 6.20 Å². The number of pyridine rings is 1. The molecule has 11 nitrogen and oxygen atoms in total. The largest absolute Gasteiger partial charge is 0.405 e. The molecular weight excluding hydrogens is 529 g/mol. The third kappa shape index (κ3) is 6.24. The molecule has 0 bridgehead atoms. The first-order valence-electron chi connectivity index (χ1n) is 12.5. The zero-order chi connectivity index (χ0) is 28.3. The van der Waals surface area contributed by atoms with Gasteiger partial charge in [-0.25, -0.2) is 9.78 Å². The number of anilines is 3. The number of aliphatic imine (C=N–C) groups is 1. The number of urea groups is 1. The van der Waals surface area contributed by atoms with Gasteiger partial charge in [-0.05, 0) is 36.8 Å². The number of rotatable bonds is 6. The number of aromatic nitrogens is 1. The SMILES string of the molecule is Cc1c(NC(=O)NCC(F)(F)F)cccc1N1C=C(Nc2ccc(C(=O)N3CCOCC3)cn2)C2=NC=C[N+]2C1. The van der Waals surface area contributed by atoms with E-state index in [2.05, 4.69) is 20.6 Å². The van der Waals surface area contributed by atoms with E-state index in [4.69, 9.17) is 4.74 Å². The second-order valence-corrected chi connectivity index (χ2v) is 9.21. The summed E-state index contributed by atoms with van der Waals surface area (Å²) >= 11 is 0. The molecule has 2 aromatic rings. The van der Waals surface area contributed by atoms with E-state index < -0.39 is 18.8 Å². The summed E-state index contributed by atoms with van der Waals surface area (Å²) in [7, 11) is 0. The topological polar surface area (TPSA) is 117 Å². The van der Waals surface area contributed by atoms with Gasteiger partial charge in [-0.2, -0.15) is 18.2 Å². The molecular formula is C26H27F3N8O3+. The number of nitrogens with one attached hydrogen (secondary N) is 3. The van der Waals surface area contributed by atoms with E-state index in [1.807, 2.05) is 33.6 Å². The maximum Gasteiger partial charge on any atom is 0.405 e. The molecule has 3 amide bonds. The fourth-order valence-corrected chi connectivity index (χ4v) is 4.42. The highest BCUT2D eigenvalue weighted by atomic mass is 19.4. The Morgan fingerprint density at radius 1 is 1.15 bits per heavy atom. The fourth-order valence-electron chi connectivity index (χ4n) is 4.42. The first-order chi connectivity index (χ1) is 19.2. The van der Waals surface area contributed by atoms with Crippen LogP contribution in [0.1, 0.15) is 15.9 Å². The van der Waals surface area contributed by atoms with Crippen molar-refractivity contribution in [2.75, 3.05) is 55.1 Å². The maximum absolute atomic E-state index is 12.7. The van der Waals surface area contributed by atoms with Crippen LogP contribution in [0.5, 0.6) is 0 Å². The first kappa shape index (κ1) is 27.1. The highest BCUT2D eigenvalue weighted by molar-refractivity contribution is 6.06. The number of carbonyl (C=O) groups is 2. The maximum atomic E-state index is 12.7. The molecule has 1 saturated heterocycles. The molecule has 14 heteroatoms. The number of alkyl halides is 3. The van der Waals surface area contributed by atoms with E-state index in [1.54, 1.807) is 42.3 Å². The van der Waals surface area contributed by atoms with Crippen LogP contribution in [0.15, 0.2) is 65.8 Å². The van der Waals surface area contributed by atoms with Gasteiger partial charge in [-0.1, -0.05) is 11.0 Å². The average molecular weight is 557 g/mol. The van der Waals surface area contributed by atoms with Gasteiger partial charge in [-0.15, -0.1) is 0 Å². The lowest BCUT2D eigenvalue weighted by molar-refractivity contribution is -0.122. The third-order valence-corrected chi connectivity index (χ3v) is 6.43. The monoisotopic (exact) mass is 556 g/mol. The highest BCUT2D eigenvalue weighted by Gasteiger charge is 2.37. The Bertz CT molecular complexity index is 1370. The van der Waals surface area contributed by atoms with Gasteiger partial charge >= 0.3 is 18.0 Å². The number of nitrogens with zero attached hydrogens (tertiary/aromatic N) is 5. The number of benzene rings is 1. The molecule has 0 aliphatic carbocycles. The van der Waals surface area contributed by atoms with Gasteiger partial charge in [0.05, 0.1) is 30.7 Å². The zero-order valence-electron chi connectivity index (χ0n) is 21.5. The molecule has 0 unspecified atom stereocenters. The van der Waals surface area contributed by atoms with Crippen molar-refractivity contribution in [1.82, 2.24) is 20.1 Å². The minimum Gasteiger partial charge on any atom is -0.378 e. The van der Waals surface area contributed by atoms with E-state index in [-0.39, 0.29) is 5.91 Å². The Kier molecular flexibility index (Phi) is 7.71. The molecule has 0 atom stereocenters. The predicted molar refractivity (Wildman–Crippen MR) is 143 cm³/mol. The molecule has 0 spiro atoms. The number of carbonyl (C=O) groups excluding carboxylic acids is 2. The number of fused-ring (bicyclic) bond motifs is 1. The van der Waals surface area contributed by atoms with Gasteiger partial charge in [0.2, 0.25) is 6.67 Å². The van der Waals surface area contributed by atoms with Gasteiger partial charge in [0.25, 0.3) is 5.91 Å². The van der Waals surface area contributed by atoms with Crippen molar-refractivity contribution in [2.24, 2.45) is 4.99 Å². The van der Waals surface area contributed by atoms with Gasteiger partial charge in [0, 0.05) is 31.2 Å². The van der Waals surface area contributed by atoms with Gasteiger partial charge in [0.15, 0.2) is 6.20 Å². The normalized spacial score (nSPS) is 17.2.